The highest BCUT2D eigenvalue weighted by molar-refractivity contribution is 5.27. The fraction of sp³-hybridized carbons (Fsp3) is 0.250. The number of aromatic nitrogens is 2. The summed E-state index contributed by atoms with van der Waals surface area (Å²) in [5.41, 5.74) is 5.53. The predicted molar refractivity (Wildman–Crippen MR) is 31.3 cm³/mol. The molecule has 0 bridgehead atoms. The van der Waals surface area contributed by atoms with Gasteiger partial charge in [0.2, 0.25) is 0 Å². The van der Waals surface area contributed by atoms with Gasteiger partial charge in [0.15, 0.2) is 5.82 Å². The summed E-state index contributed by atoms with van der Waals surface area (Å²) in [4.78, 5) is 6.68. The molecule has 44 valence electrons. The molecule has 3 N–H and O–H groups in total. The molecule has 0 radical (unpaired) electrons. The smallest absolute Gasteiger partial charge is 0.158 e. The van der Waals surface area contributed by atoms with E-state index in [4.69, 9.17) is 0 Å². The van der Waals surface area contributed by atoms with Crippen LogP contribution < -0.4 is 10.9 Å². The molecule has 4 nitrogen and oxygen atoms in total. The first-order valence-corrected chi connectivity index (χ1v) is 2.35. The minimum absolute atomic E-state index is 0.799. The van der Waals surface area contributed by atoms with E-state index in [0.717, 1.165) is 5.82 Å². The van der Waals surface area contributed by atoms with Crippen LogP contribution in [0.5, 0.6) is 0 Å². The minimum atomic E-state index is 0.799. The minimum Gasteiger partial charge on any atom is -0.349 e. The van der Waals surface area contributed by atoms with Crippen molar-refractivity contribution in [2.75, 3.05) is 12.5 Å². The average Bonchev–Trinajstić information content (AvgIpc) is 2.19. The van der Waals surface area contributed by atoms with Gasteiger partial charge in [0.1, 0.15) is 0 Å². The number of hydrogen-bond donors (Lipinski definition) is 3. The van der Waals surface area contributed by atoms with E-state index < -0.39 is 0 Å². The number of hydrazine groups is 1. The molecule has 0 spiro atoms. The Balaban J connectivity index is 2.50. The monoisotopic (exact) mass is 112 g/mol. The highest BCUT2D eigenvalue weighted by Crippen LogP contribution is 1.92. The lowest BCUT2D eigenvalue weighted by atomic mass is 10.8. The van der Waals surface area contributed by atoms with E-state index in [1.54, 1.807) is 19.6 Å². The summed E-state index contributed by atoms with van der Waals surface area (Å²) < 4.78 is 0. The third kappa shape index (κ3) is 0.974. The molecule has 0 fully saturated rings. The quantitative estimate of drug-likeness (QED) is 0.470. The number of aromatic amines is 1. The number of hydrogen-bond acceptors (Lipinski definition) is 3. The van der Waals surface area contributed by atoms with Gasteiger partial charge in [-0.05, 0) is 0 Å². The number of nitrogens with one attached hydrogen (secondary N) is 3. The van der Waals surface area contributed by atoms with Crippen molar-refractivity contribution in [3.05, 3.63) is 12.5 Å². The van der Waals surface area contributed by atoms with Crippen LogP contribution in [0.4, 0.5) is 5.82 Å². The molecule has 1 aromatic heterocycles. The summed E-state index contributed by atoms with van der Waals surface area (Å²) in [5, 5.41) is 0. The Kier molecular flexibility index (Phi) is 1.48. The summed E-state index contributed by atoms with van der Waals surface area (Å²) in [6.45, 7) is 0. The molecule has 8 heavy (non-hydrogen) atoms. The number of anilines is 1. The Morgan fingerprint density at radius 1 is 1.75 bits per heavy atom. The van der Waals surface area contributed by atoms with Gasteiger partial charge < -0.3 is 10.4 Å². The SMILES string of the molecule is CNNc1c[nH]cn1. The number of nitrogens with zero attached hydrogens (tertiary/aromatic N) is 1. The van der Waals surface area contributed by atoms with Crippen LogP contribution in [0.3, 0.4) is 0 Å². The van der Waals surface area contributed by atoms with Gasteiger partial charge in [0.25, 0.3) is 0 Å². The lowest BCUT2D eigenvalue weighted by Crippen LogP contribution is -2.14. The zero-order chi connectivity index (χ0) is 5.82. The summed E-state index contributed by atoms with van der Waals surface area (Å²) >= 11 is 0. The second-order valence-corrected chi connectivity index (χ2v) is 1.33. The van der Waals surface area contributed by atoms with E-state index in [-0.39, 0.29) is 0 Å². The molecule has 0 saturated heterocycles. The highest BCUT2D eigenvalue weighted by Gasteiger charge is 1.84. The first kappa shape index (κ1) is 5.11. The number of imidazole rings is 1. The van der Waals surface area contributed by atoms with Crippen molar-refractivity contribution in [3.63, 3.8) is 0 Å². The van der Waals surface area contributed by atoms with Gasteiger partial charge in [0.05, 0.1) is 6.33 Å². The molecule has 1 rings (SSSR count). The van der Waals surface area contributed by atoms with Gasteiger partial charge in [-0.25, -0.2) is 10.4 Å². The molecule has 1 heterocycles. The zero-order valence-corrected chi connectivity index (χ0v) is 4.60. The molecule has 0 aliphatic rings. The molecule has 1 aromatic rings. The van der Waals surface area contributed by atoms with Crippen LogP contribution in [0.1, 0.15) is 0 Å². The van der Waals surface area contributed by atoms with Crippen molar-refractivity contribution >= 4 is 5.82 Å². The van der Waals surface area contributed by atoms with Crippen LogP contribution in [0.25, 0.3) is 0 Å². The van der Waals surface area contributed by atoms with Gasteiger partial charge in [-0.3, -0.25) is 0 Å². The van der Waals surface area contributed by atoms with Crippen LogP contribution in [-0.4, -0.2) is 17.0 Å². The topological polar surface area (TPSA) is 52.7 Å². The van der Waals surface area contributed by atoms with Gasteiger partial charge in [-0.15, -0.1) is 0 Å². The Bertz CT molecular complexity index is 134. The molecule has 0 aromatic carbocycles. The predicted octanol–water partition coefficient (Wildman–Crippen LogP) is -0.0440. The zero-order valence-electron chi connectivity index (χ0n) is 4.60. The van der Waals surface area contributed by atoms with Crippen molar-refractivity contribution in [3.8, 4) is 0 Å². The van der Waals surface area contributed by atoms with Gasteiger partial charge in [-0.1, -0.05) is 0 Å². The fourth-order valence-corrected chi connectivity index (χ4v) is 0.457. The second kappa shape index (κ2) is 2.32. The Hall–Kier alpha value is -1.03. The third-order valence-corrected chi connectivity index (χ3v) is 0.751. The van der Waals surface area contributed by atoms with E-state index >= 15 is 0 Å². The standard InChI is InChI=1S/C4H8N4/c1-5-8-4-2-6-3-7-4/h2-3,5,8H,1H3,(H,6,7). The first-order valence-electron chi connectivity index (χ1n) is 2.35. The third-order valence-electron chi connectivity index (χ3n) is 0.751. The molecule has 0 saturated carbocycles. The molecule has 0 aliphatic heterocycles. The molecular formula is C4H8N4. The normalized spacial score (nSPS) is 9.12. The van der Waals surface area contributed by atoms with Crippen LogP contribution in [0.15, 0.2) is 12.5 Å². The Labute approximate surface area is 47.3 Å². The van der Waals surface area contributed by atoms with Crippen molar-refractivity contribution in [1.29, 1.82) is 0 Å². The second-order valence-electron chi connectivity index (χ2n) is 1.33. The van der Waals surface area contributed by atoms with E-state index in [1.165, 1.54) is 0 Å². The van der Waals surface area contributed by atoms with E-state index in [9.17, 15) is 0 Å². The molecule has 0 amide bonds. The molecule has 0 aliphatic carbocycles. The van der Waals surface area contributed by atoms with E-state index in [1.807, 2.05) is 0 Å². The Morgan fingerprint density at radius 2 is 2.62 bits per heavy atom. The Morgan fingerprint density at radius 3 is 3.12 bits per heavy atom. The fourth-order valence-electron chi connectivity index (χ4n) is 0.457. The number of rotatable bonds is 2. The number of H-pyrrole nitrogens is 1. The van der Waals surface area contributed by atoms with Gasteiger partial charge in [0, 0.05) is 13.2 Å². The van der Waals surface area contributed by atoms with E-state index in [0.29, 0.717) is 0 Å². The molecular weight excluding hydrogens is 104 g/mol. The van der Waals surface area contributed by atoms with Crippen molar-refractivity contribution in [2.24, 2.45) is 0 Å². The van der Waals surface area contributed by atoms with Crippen LogP contribution >= 0.6 is 0 Å². The summed E-state index contributed by atoms with van der Waals surface area (Å²) in [5.74, 6) is 0.799. The summed E-state index contributed by atoms with van der Waals surface area (Å²) in [6, 6.07) is 0. The molecule has 0 unspecified atom stereocenters. The average molecular weight is 112 g/mol. The van der Waals surface area contributed by atoms with Crippen LogP contribution in [0.2, 0.25) is 0 Å². The molecule has 4 heteroatoms. The van der Waals surface area contributed by atoms with Crippen molar-refractivity contribution in [2.45, 2.75) is 0 Å². The maximum Gasteiger partial charge on any atom is 0.158 e. The lowest BCUT2D eigenvalue weighted by molar-refractivity contribution is 0.971. The maximum atomic E-state index is 3.88. The summed E-state index contributed by atoms with van der Waals surface area (Å²) in [6.07, 6.45) is 3.37. The largest absolute Gasteiger partial charge is 0.349 e. The van der Waals surface area contributed by atoms with E-state index in [2.05, 4.69) is 20.8 Å². The highest BCUT2D eigenvalue weighted by atomic mass is 15.4. The summed E-state index contributed by atoms with van der Waals surface area (Å²) in [7, 11) is 1.79. The van der Waals surface area contributed by atoms with Crippen molar-refractivity contribution < 1.29 is 0 Å². The van der Waals surface area contributed by atoms with Crippen LogP contribution in [0, 0.1) is 0 Å². The first-order chi connectivity index (χ1) is 3.93. The van der Waals surface area contributed by atoms with Gasteiger partial charge in [-0.2, -0.15) is 0 Å². The molecule has 0 atom stereocenters. The van der Waals surface area contributed by atoms with Gasteiger partial charge >= 0.3 is 0 Å². The van der Waals surface area contributed by atoms with Crippen LogP contribution in [-0.2, 0) is 0 Å². The van der Waals surface area contributed by atoms with Crippen molar-refractivity contribution in [1.82, 2.24) is 15.4 Å². The maximum absolute atomic E-state index is 3.88. The lowest BCUT2D eigenvalue weighted by Gasteiger charge is -1.94.